The molecule has 1 fully saturated rings. The number of hydrogen-bond acceptors (Lipinski definition) is 1. The van der Waals surface area contributed by atoms with E-state index in [0.717, 1.165) is 25.0 Å². The largest absolute Gasteiger partial charge is 0.233 e. The normalized spacial score (nSPS) is 31.9. The zero-order valence-corrected chi connectivity index (χ0v) is 5.75. The van der Waals surface area contributed by atoms with Crippen LogP contribution in [0.3, 0.4) is 0 Å². The third kappa shape index (κ3) is 2.05. The molecule has 1 rings (SSSR count). The van der Waals surface area contributed by atoms with E-state index in [4.69, 9.17) is 0 Å². The molecule has 1 nitrogen and oxygen atoms in total. The Kier molecular flexibility index (Phi) is 2.70. The molecule has 0 N–H and O–H groups in total. The van der Waals surface area contributed by atoms with Gasteiger partial charge < -0.3 is 0 Å². The summed E-state index contributed by atoms with van der Waals surface area (Å²) in [7, 11) is 0. The zero-order chi connectivity index (χ0) is 5.82. The molecule has 0 saturated carbocycles. The van der Waals surface area contributed by atoms with Crippen LogP contribution < -0.4 is 0 Å². The summed E-state index contributed by atoms with van der Waals surface area (Å²) in [5.41, 5.74) is 0. The van der Waals surface area contributed by atoms with Crippen LogP contribution >= 0.6 is 11.8 Å². The average molecular weight is 131 g/mol. The van der Waals surface area contributed by atoms with Gasteiger partial charge in [0, 0.05) is 0 Å². The molecule has 0 bridgehead atoms. The maximum Gasteiger partial charge on any atom is 0.0938 e. The molecule has 47 valence electrons. The quantitative estimate of drug-likeness (QED) is 0.490. The van der Waals surface area contributed by atoms with E-state index < -0.39 is 0 Å². The molecule has 0 spiro atoms. The predicted molar refractivity (Wildman–Crippen MR) is 35.7 cm³/mol. The van der Waals surface area contributed by atoms with E-state index in [0.29, 0.717) is 0 Å². The van der Waals surface area contributed by atoms with Crippen molar-refractivity contribution in [3.05, 3.63) is 0 Å². The minimum absolute atomic E-state index is 0.245. The lowest BCUT2D eigenvalue weighted by atomic mass is 10.2. The summed E-state index contributed by atoms with van der Waals surface area (Å²) >= 11 is 1.92. The first-order valence-electron chi connectivity index (χ1n) is 3.13. The van der Waals surface area contributed by atoms with Crippen molar-refractivity contribution < 1.29 is 5.11 Å². The fraction of sp³-hybridized carbons (Fsp3) is 1.00. The highest BCUT2D eigenvalue weighted by molar-refractivity contribution is 7.99. The maximum absolute atomic E-state index is 10.8. The molecule has 1 heterocycles. The number of thioether (sulfide) groups is 1. The highest BCUT2D eigenvalue weighted by Gasteiger charge is 2.08. The fourth-order valence-electron chi connectivity index (χ4n) is 0.874. The molecule has 0 aromatic carbocycles. The molecule has 1 radical (unpaired) electrons. The van der Waals surface area contributed by atoms with Crippen molar-refractivity contribution in [2.75, 3.05) is 11.5 Å². The van der Waals surface area contributed by atoms with Crippen LogP contribution in [-0.4, -0.2) is 17.6 Å². The summed E-state index contributed by atoms with van der Waals surface area (Å²) in [5, 5.41) is 10.8. The van der Waals surface area contributed by atoms with Gasteiger partial charge >= 0.3 is 0 Å². The molecule has 1 unspecified atom stereocenters. The van der Waals surface area contributed by atoms with Gasteiger partial charge in [-0.15, -0.1) is 0 Å². The van der Waals surface area contributed by atoms with Crippen LogP contribution in [0.4, 0.5) is 0 Å². The molecule has 1 saturated heterocycles. The molecular weight excluding hydrogens is 120 g/mol. The second-order valence-electron chi connectivity index (χ2n) is 2.17. The molecule has 0 aromatic rings. The van der Waals surface area contributed by atoms with Gasteiger partial charge in [0.25, 0.3) is 0 Å². The van der Waals surface area contributed by atoms with Crippen LogP contribution in [0.25, 0.3) is 0 Å². The van der Waals surface area contributed by atoms with Gasteiger partial charge in [0.1, 0.15) is 0 Å². The van der Waals surface area contributed by atoms with E-state index in [-0.39, 0.29) is 6.10 Å². The Bertz CT molecular complexity index is 57.5. The van der Waals surface area contributed by atoms with Crippen molar-refractivity contribution in [1.82, 2.24) is 0 Å². The van der Waals surface area contributed by atoms with Crippen molar-refractivity contribution in [3.63, 3.8) is 0 Å². The highest BCUT2D eigenvalue weighted by atomic mass is 32.2. The van der Waals surface area contributed by atoms with E-state index in [9.17, 15) is 5.11 Å². The predicted octanol–water partition coefficient (Wildman–Crippen LogP) is 1.70. The maximum atomic E-state index is 10.8. The van der Waals surface area contributed by atoms with Crippen molar-refractivity contribution >= 4 is 11.8 Å². The van der Waals surface area contributed by atoms with E-state index in [1.165, 1.54) is 5.75 Å². The van der Waals surface area contributed by atoms with Gasteiger partial charge in [-0.1, -0.05) is 0 Å². The fourth-order valence-corrected chi connectivity index (χ4v) is 1.88. The van der Waals surface area contributed by atoms with Gasteiger partial charge in [-0.25, -0.2) is 5.11 Å². The Balaban J connectivity index is 2.17. The topological polar surface area (TPSA) is 19.9 Å². The van der Waals surface area contributed by atoms with Crippen molar-refractivity contribution in [2.45, 2.75) is 25.4 Å². The summed E-state index contributed by atoms with van der Waals surface area (Å²) in [6.07, 6.45) is 2.70. The standard InChI is InChI=1S/C6H11OS/c7-6-2-1-4-8-5-3-6/h6H,1-5H2. The first-order valence-corrected chi connectivity index (χ1v) is 4.28. The van der Waals surface area contributed by atoms with E-state index >= 15 is 0 Å². The Morgan fingerprint density at radius 1 is 1.25 bits per heavy atom. The zero-order valence-electron chi connectivity index (χ0n) is 4.93. The van der Waals surface area contributed by atoms with Crippen LogP contribution in [0.5, 0.6) is 0 Å². The Morgan fingerprint density at radius 2 is 2.12 bits per heavy atom. The van der Waals surface area contributed by atoms with E-state index in [1.54, 1.807) is 0 Å². The minimum atomic E-state index is -0.245. The molecule has 2 heteroatoms. The van der Waals surface area contributed by atoms with Gasteiger partial charge in [0.2, 0.25) is 0 Å². The van der Waals surface area contributed by atoms with E-state index in [1.807, 2.05) is 11.8 Å². The lowest BCUT2D eigenvalue weighted by Gasteiger charge is -1.98. The molecule has 8 heavy (non-hydrogen) atoms. The molecule has 1 atom stereocenters. The van der Waals surface area contributed by atoms with Crippen molar-refractivity contribution in [1.29, 1.82) is 0 Å². The SMILES string of the molecule is [O]C1CCCSCC1. The molecule has 1 aliphatic rings. The van der Waals surface area contributed by atoms with Crippen molar-refractivity contribution in [2.24, 2.45) is 0 Å². The van der Waals surface area contributed by atoms with Gasteiger partial charge in [0.15, 0.2) is 0 Å². The summed E-state index contributed by atoms with van der Waals surface area (Å²) in [6, 6.07) is 0. The molecular formula is C6H11OS. The minimum Gasteiger partial charge on any atom is -0.233 e. The van der Waals surface area contributed by atoms with Crippen LogP contribution in [0, 0.1) is 0 Å². The third-order valence-corrected chi connectivity index (χ3v) is 2.50. The summed E-state index contributed by atoms with van der Waals surface area (Å²) in [5.74, 6) is 2.30. The molecule has 0 aliphatic carbocycles. The smallest absolute Gasteiger partial charge is 0.0938 e. The second-order valence-corrected chi connectivity index (χ2v) is 3.39. The summed E-state index contributed by atoms with van der Waals surface area (Å²) in [4.78, 5) is 0. The van der Waals surface area contributed by atoms with Crippen LogP contribution in [0.15, 0.2) is 0 Å². The monoisotopic (exact) mass is 131 g/mol. The lowest BCUT2D eigenvalue weighted by Crippen LogP contribution is -2.02. The van der Waals surface area contributed by atoms with Gasteiger partial charge in [-0.05, 0) is 30.8 Å². The van der Waals surface area contributed by atoms with Gasteiger partial charge in [-0.3, -0.25) is 0 Å². The second kappa shape index (κ2) is 3.36. The van der Waals surface area contributed by atoms with Crippen LogP contribution in [0.2, 0.25) is 0 Å². The average Bonchev–Trinajstić information content (AvgIpc) is 1.94. The van der Waals surface area contributed by atoms with Gasteiger partial charge in [0.05, 0.1) is 6.10 Å². The van der Waals surface area contributed by atoms with Crippen LogP contribution in [0.1, 0.15) is 19.3 Å². The Labute approximate surface area is 54.5 Å². The van der Waals surface area contributed by atoms with Crippen molar-refractivity contribution in [3.8, 4) is 0 Å². The number of hydrogen-bond donors (Lipinski definition) is 0. The molecule has 0 amide bonds. The summed E-state index contributed by atoms with van der Waals surface area (Å²) < 4.78 is 0. The Hall–Kier alpha value is 0.310. The molecule has 0 aromatic heterocycles. The number of rotatable bonds is 0. The Morgan fingerprint density at radius 3 is 3.00 bits per heavy atom. The highest BCUT2D eigenvalue weighted by Crippen LogP contribution is 2.16. The first kappa shape index (κ1) is 6.43. The first-order chi connectivity index (χ1) is 3.89. The van der Waals surface area contributed by atoms with E-state index in [2.05, 4.69) is 0 Å². The van der Waals surface area contributed by atoms with Gasteiger partial charge in [-0.2, -0.15) is 11.8 Å². The third-order valence-electron chi connectivity index (χ3n) is 1.40. The summed E-state index contributed by atoms with van der Waals surface area (Å²) in [6.45, 7) is 0. The van der Waals surface area contributed by atoms with Crippen LogP contribution in [-0.2, 0) is 5.11 Å². The molecule has 1 aliphatic heterocycles. The lowest BCUT2D eigenvalue weighted by molar-refractivity contribution is 0.0798.